The third kappa shape index (κ3) is 43.4. The first-order valence-corrected chi connectivity index (χ1v) is 24.4. The minimum Gasteiger partial charge on any atom is -0.462 e. The average molecular weight is 825 g/mol. The number of hydrogen-bond acceptors (Lipinski definition) is 7. The molecule has 0 radical (unpaired) electrons. The first kappa shape index (κ1) is 55.0. The Hall–Kier alpha value is -2.03. The van der Waals surface area contributed by atoms with E-state index in [0.29, 0.717) is 17.4 Å². The van der Waals surface area contributed by atoms with Crippen molar-refractivity contribution in [3.63, 3.8) is 0 Å². The van der Waals surface area contributed by atoms with E-state index in [1.54, 1.807) is 0 Å². The number of rotatable bonds is 41. The lowest BCUT2D eigenvalue weighted by Crippen LogP contribution is -2.37. The lowest BCUT2D eigenvalue weighted by Gasteiger charge is -2.24. The SMILES string of the molecule is CCCCC/C=C/C/C=C/C/C=C/C/C=C/CCCC(=O)O[C@H](COC(=O)CCCCCCCCCCCCCCCCCC)COP(=O)(O)OCC[N+](C)(C)C. The average Bonchev–Trinajstić information content (AvgIpc) is 3.16. The number of allylic oxidation sites excluding steroid dienone is 8. The lowest BCUT2D eigenvalue weighted by molar-refractivity contribution is -0.870. The fourth-order valence-corrected chi connectivity index (χ4v) is 6.75. The predicted molar refractivity (Wildman–Crippen MR) is 238 cm³/mol. The van der Waals surface area contributed by atoms with Crippen molar-refractivity contribution in [2.75, 3.05) is 47.5 Å². The van der Waals surface area contributed by atoms with Crippen LogP contribution in [0.25, 0.3) is 0 Å². The molecular formula is C47H87NO8P+. The van der Waals surface area contributed by atoms with Crippen LogP contribution in [0, 0.1) is 0 Å². The molecule has 332 valence electrons. The van der Waals surface area contributed by atoms with Crippen LogP contribution in [0.3, 0.4) is 0 Å². The molecule has 0 rings (SSSR count). The molecule has 0 bridgehead atoms. The van der Waals surface area contributed by atoms with Crippen molar-refractivity contribution in [1.82, 2.24) is 0 Å². The van der Waals surface area contributed by atoms with E-state index < -0.39 is 26.5 Å². The van der Waals surface area contributed by atoms with Crippen LogP contribution in [0.15, 0.2) is 48.6 Å². The number of esters is 2. The van der Waals surface area contributed by atoms with E-state index in [-0.39, 0.29) is 32.0 Å². The fourth-order valence-electron chi connectivity index (χ4n) is 6.01. The summed E-state index contributed by atoms with van der Waals surface area (Å²) in [5.74, 6) is -0.861. The van der Waals surface area contributed by atoms with Gasteiger partial charge in [0.1, 0.15) is 19.8 Å². The summed E-state index contributed by atoms with van der Waals surface area (Å²) >= 11 is 0. The molecule has 0 saturated carbocycles. The van der Waals surface area contributed by atoms with Crippen LogP contribution in [-0.4, -0.2) is 74.9 Å². The van der Waals surface area contributed by atoms with Gasteiger partial charge in [-0.25, -0.2) is 4.57 Å². The highest BCUT2D eigenvalue weighted by atomic mass is 31.2. The van der Waals surface area contributed by atoms with Crippen molar-refractivity contribution in [2.45, 2.75) is 193 Å². The molecule has 0 aliphatic rings. The number of phosphoric ester groups is 1. The van der Waals surface area contributed by atoms with E-state index in [2.05, 4.69) is 56.4 Å². The van der Waals surface area contributed by atoms with Crippen LogP contribution in [0.1, 0.15) is 187 Å². The molecule has 0 aliphatic carbocycles. The van der Waals surface area contributed by atoms with Crippen molar-refractivity contribution < 1.29 is 42.1 Å². The van der Waals surface area contributed by atoms with Crippen molar-refractivity contribution in [1.29, 1.82) is 0 Å². The van der Waals surface area contributed by atoms with Crippen molar-refractivity contribution >= 4 is 19.8 Å². The number of unbranched alkanes of at least 4 members (excludes halogenated alkanes) is 19. The number of phosphoric acid groups is 1. The zero-order valence-electron chi connectivity index (χ0n) is 37.3. The van der Waals surface area contributed by atoms with Gasteiger partial charge < -0.3 is 18.9 Å². The number of ether oxygens (including phenoxy) is 2. The summed E-state index contributed by atoms with van der Waals surface area (Å²) < 4.78 is 34.3. The van der Waals surface area contributed by atoms with Crippen LogP contribution in [0.2, 0.25) is 0 Å². The molecule has 0 aromatic carbocycles. The van der Waals surface area contributed by atoms with E-state index in [1.165, 1.54) is 109 Å². The molecule has 0 spiro atoms. The van der Waals surface area contributed by atoms with Gasteiger partial charge in [-0.2, -0.15) is 0 Å². The predicted octanol–water partition coefficient (Wildman–Crippen LogP) is 13.1. The summed E-state index contributed by atoms with van der Waals surface area (Å²) in [6.07, 6.45) is 45.9. The fraction of sp³-hybridized carbons (Fsp3) is 0.787. The Bertz CT molecular complexity index is 1110. The zero-order chi connectivity index (χ0) is 42.1. The molecule has 0 heterocycles. The van der Waals surface area contributed by atoms with Crippen molar-refractivity contribution in [2.24, 2.45) is 0 Å². The van der Waals surface area contributed by atoms with Gasteiger partial charge >= 0.3 is 19.8 Å². The second-order valence-corrected chi connectivity index (χ2v) is 17.9. The lowest BCUT2D eigenvalue weighted by atomic mass is 10.0. The monoisotopic (exact) mass is 825 g/mol. The quantitative estimate of drug-likeness (QED) is 0.0213. The van der Waals surface area contributed by atoms with Gasteiger partial charge in [0.15, 0.2) is 6.10 Å². The number of carbonyl (C=O) groups excluding carboxylic acids is 2. The van der Waals surface area contributed by atoms with E-state index >= 15 is 0 Å². The van der Waals surface area contributed by atoms with E-state index in [9.17, 15) is 19.0 Å². The molecule has 0 aliphatic heterocycles. The molecule has 9 nitrogen and oxygen atoms in total. The highest BCUT2D eigenvalue weighted by Gasteiger charge is 2.27. The highest BCUT2D eigenvalue weighted by Crippen LogP contribution is 2.43. The maximum atomic E-state index is 12.7. The second kappa shape index (κ2) is 39.4. The molecule has 0 aromatic heterocycles. The van der Waals surface area contributed by atoms with E-state index in [1.807, 2.05) is 27.2 Å². The van der Waals surface area contributed by atoms with Gasteiger partial charge in [0.2, 0.25) is 0 Å². The molecule has 0 amide bonds. The Morgan fingerprint density at radius 1 is 0.544 bits per heavy atom. The molecular weight excluding hydrogens is 737 g/mol. The highest BCUT2D eigenvalue weighted by molar-refractivity contribution is 7.47. The molecule has 1 unspecified atom stereocenters. The van der Waals surface area contributed by atoms with Crippen LogP contribution in [0.5, 0.6) is 0 Å². The first-order chi connectivity index (χ1) is 27.5. The topological polar surface area (TPSA) is 108 Å². The van der Waals surface area contributed by atoms with Crippen molar-refractivity contribution in [3.05, 3.63) is 48.6 Å². The number of quaternary nitrogens is 1. The first-order valence-electron chi connectivity index (χ1n) is 22.9. The summed E-state index contributed by atoms with van der Waals surface area (Å²) in [7, 11) is 1.44. The standard InChI is InChI=1S/C47H86NO8P/c1-6-8-10-12-14-16-18-20-22-24-26-28-30-32-34-36-38-40-47(50)56-45(44-55-57(51,52)54-42-41-48(3,4)5)43-53-46(49)39-37-35-33-31-29-27-25-23-21-19-17-15-13-11-9-7-2/h14,16,20,22,26,28,32,34,45H,6-13,15,17-19,21,23-25,27,29-31,33,35-44H2,1-5H3/p+1/b16-14+,22-20+,28-26+,34-32+/t45-/m1/s1. The zero-order valence-corrected chi connectivity index (χ0v) is 38.2. The summed E-state index contributed by atoms with van der Waals surface area (Å²) in [5.41, 5.74) is 0. The Kier molecular flexibility index (Phi) is 38.0. The maximum absolute atomic E-state index is 12.7. The summed E-state index contributed by atoms with van der Waals surface area (Å²) in [6, 6.07) is 0. The normalized spacial score (nSPS) is 14.0. The number of likely N-dealkylation sites (N-methyl/N-ethyl adjacent to an activating group) is 1. The molecule has 57 heavy (non-hydrogen) atoms. The van der Waals surface area contributed by atoms with Gasteiger partial charge in [-0.3, -0.25) is 18.6 Å². The van der Waals surface area contributed by atoms with Gasteiger partial charge in [-0.1, -0.05) is 172 Å². The molecule has 0 saturated heterocycles. The molecule has 2 atom stereocenters. The molecule has 10 heteroatoms. The minimum absolute atomic E-state index is 0.0213. The van der Waals surface area contributed by atoms with Crippen LogP contribution in [0.4, 0.5) is 0 Å². The van der Waals surface area contributed by atoms with E-state index in [0.717, 1.165) is 44.9 Å². The minimum atomic E-state index is -4.39. The Morgan fingerprint density at radius 2 is 0.965 bits per heavy atom. The van der Waals surface area contributed by atoms with E-state index in [4.69, 9.17) is 18.5 Å². The third-order valence-corrected chi connectivity index (χ3v) is 10.6. The van der Waals surface area contributed by atoms with Crippen LogP contribution < -0.4 is 0 Å². The second-order valence-electron chi connectivity index (χ2n) is 16.4. The van der Waals surface area contributed by atoms with Gasteiger partial charge in [0.05, 0.1) is 27.7 Å². The molecule has 0 aromatic rings. The van der Waals surface area contributed by atoms with Gasteiger partial charge in [0.25, 0.3) is 0 Å². The maximum Gasteiger partial charge on any atom is 0.472 e. The van der Waals surface area contributed by atoms with Gasteiger partial charge in [-0.05, 0) is 51.4 Å². The van der Waals surface area contributed by atoms with Gasteiger partial charge in [-0.15, -0.1) is 0 Å². The number of nitrogens with zero attached hydrogens (tertiary/aromatic N) is 1. The summed E-state index contributed by atoms with van der Waals surface area (Å²) in [6.45, 7) is 4.34. The number of hydrogen-bond donors (Lipinski definition) is 1. The van der Waals surface area contributed by atoms with Gasteiger partial charge in [0, 0.05) is 12.8 Å². The smallest absolute Gasteiger partial charge is 0.462 e. The molecule has 1 N–H and O–H groups in total. The summed E-state index contributed by atoms with van der Waals surface area (Å²) in [4.78, 5) is 35.4. The number of carbonyl (C=O) groups is 2. The van der Waals surface area contributed by atoms with Crippen LogP contribution in [-0.2, 0) is 32.7 Å². The third-order valence-electron chi connectivity index (χ3n) is 9.61. The van der Waals surface area contributed by atoms with Crippen LogP contribution >= 0.6 is 7.82 Å². The largest absolute Gasteiger partial charge is 0.472 e. The Balaban J connectivity index is 4.42. The summed E-state index contributed by atoms with van der Waals surface area (Å²) in [5, 5.41) is 0. The van der Waals surface area contributed by atoms with Crippen molar-refractivity contribution in [3.8, 4) is 0 Å². The molecule has 0 fully saturated rings. The Labute approximate surface area is 350 Å². The Morgan fingerprint density at radius 3 is 1.46 bits per heavy atom.